The number of nitrogens with zero attached hydrogens (tertiary/aromatic N) is 12. The van der Waals surface area contributed by atoms with E-state index < -0.39 is 0 Å². The summed E-state index contributed by atoms with van der Waals surface area (Å²) < 4.78 is 0. The van der Waals surface area contributed by atoms with Crippen LogP contribution in [0.15, 0.2) is 219 Å². The van der Waals surface area contributed by atoms with Gasteiger partial charge in [-0.05, 0) is 119 Å². The van der Waals surface area contributed by atoms with E-state index in [0.29, 0.717) is 57.7 Å². The van der Waals surface area contributed by atoms with Crippen LogP contribution in [0.5, 0.6) is 0 Å². The minimum Gasteiger partial charge on any atom is -0.309 e. The van der Waals surface area contributed by atoms with Crippen LogP contribution in [0.2, 0.25) is 0 Å². The molecule has 0 amide bonds. The third-order valence-electron chi connectivity index (χ3n) is 15.1. The fourth-order valence-electron chi connectivity index (χ4n) is 11.4. The zero-order valence-electron chi connectivity index (χ0n) is 43.2. The molecule has 2 aliphatic heterocycles. The number of hydrogen-bond donors (Lipinski definition) is 0. The smallest absolute Gasteiger partial charge is 0.182 e. The molecule has 14 rings (SSSR count). The van der Waals surface area contributed by atoms with Crippen molar-refractivity contribution in [2.75, 3.05) is 9.80 Å². The molecule has 12 nitrogen and oxygen atoms in total. The molecular formula is C66H48N12. The number of anilines is 6. The van der Waals surface area contributed by atoms with Gasteiger partial charge in [-0.2, -0.15) is 0 Å². The van der Waals surface area contributed by atoms with Gasteiger partial charge in [-0.25, -0.2) is 29.9 Å². The van der Waals surface area contributed by atoms with Gasteiger partial charge < -0.3 is 9.80 Å². The summed E-state index contributed by atoms with van der Waals surface area (Å²) in [5.41, 5.74) is 14.0. The van der Waals surface area contributed by atoms with Crippen molar-refractivity contribution >= 4 is 44.9 Å². The second-order valence-corrected chi connectivity index (χ2v) is 20.5. The Morgan fingerprint density at radius 3 is 0.795 bits per heavy atom. The van der Waals surface area contributed by atoms with Gasteiger partial charge in [-0.15, -0.1) is 0 Å². The lowest BCUT2D eigenvalue weighted by Gasteiger charge is -2.43. The summed E-state index contributed by atoms with van der Waals surface area (Å²) in [7, 11) is 0. The van der Waals surface area contributed by atoms with Crippen LogP contribution in [-0.2, 0) is 10.8 Å². The molecule has 0 atom stereocenters. The van der Waals surface area contributed by atoms with Crippen LogP contribution in [0.1, 0.15) is 49.9 Å². The minimum atomic E-state index is -0.334. The highest BCUT2D eigenvalue weighted by Crippen LogP contribution is 2.57. The van der Waals surface area contributed by atoms with Gasteiger partial charge in [0.1, 0.15) is 22.8 Å². The highest BCUT2D eigenvalue weighted by atomic mass is 15.2. The van der Waals surface area contributed by atoms with Crippen molar-refractivity contribution in [1.82, 2.24) is 49.8 Å². The van der Waals surface area contributed by atoms with Gasteiger partial charge in [0.15, 0.2) is 34.9 Å². The van der Waals surface area contributed by atoms with Crippen molar-refractivity contribution in [2.24, 2.45) is 0 Å². The molecule has 0 saturated carbocycles. The maximum absolute atomic E-state index is 5.30. The van der Waals surface area contributed by atoms with Crippen LogP contribution in [0.3, 0.4) is 0 Å². The van der Waals surface area contributed by atoms with E-state index in [2.05, 4.69) is 159 Å². The van der Waals surface area contributed by atoms with Crippen LogP contribution in [0.4, 0.5) is 34.1 Å². The Labute approximate surface area is 451 Å². The molecular weight excluding hydrogens is 961 g/mol. The molecule has 2 aliphatic rings. The summed E-state index contributed by atoms with van der Waals surface area (Å²) in [5.74, 6) is 2.63. The lowest BCUT2D eigenvalue weighted by atomic mass is 9.73. The zero-order valence-corrected chi connectivity index (χ0v) is 43.2. The molecule has 12 aromatic rings. The third kappa shape index (κ3) is 7.67. The van der Waals surface area contributed by atoms with Gasteiger partial charge in [0.05, 0.1) is 34.1 Å². The summed E-state index contributed by atoms with van der Waals surface area (Å²) in [5, 5.41) is 1.86. The molecule has 372 valence electrons. The SMILES string of the molecule is CC1(C)c2ccccc2N(c2cc(-c3nc(-c4ccccn4)nc(-c4ccccn4)n3)cc3c(N4c5ccccc5C(C)(C)c5ccccc54)cc(-c4nc(-c5ccccn5)nc(-c5ccccn5)n4)cc23)c2ccccc21. The molecule has 12 heteroatoms. The fourth-order valence-corrected chi connectivity index (χ4v) is 11.4. The number of pyridine rings is 4. The highest BCUT2D eigenvalue weighted by molar-refractivity contribution is 6.12. The second kappa shape index (κ2) is 18.3. The van der Waals surface area contributed by atoms with Crippen molar-refractivity contribution in [1.29, 1.82) is 0 Å². The van der Waals surface area contributed by atoms with Crippen LogP contribution >= 0.6 is 0 Å². The first-order valence-electron chi connectivity index (χ1n) is 26.0. The number of benzene rings is 6. The first-order chi connectivity index (χ1) is 38.2. The summed E-state index contributed by atoms with van der Waals surface area (Å²) in [6.45, 7) is 9.23. The fraction of sp³-hybridized carbons (Fsp3) is 0.0909. The van der Waals surface area contributed by atoms with Gasteiger partial charge in [0.2, 0.25) is 0 Å². The maximum atomic E-state index is 5.30. The first-order valence-corrected chi connectivity index (χ1v) is 26.0. The number of hydrogen-bond acceptors (Lipinski definition) is 12. The predicted molar refractivity (Wildman–Crippen MR) is 308 cm³/mol. The van der Waals surface area contributed by atoms with Crippen molar-refractivity contribution < 1.29 is 0 Å². The van der Waals surface area contributed by atoms with E-state index in [4.69, 9.17) is 49.8 Å². The van der Waals surface area contributed by atoms with E-state index in [1.54, 1.807) is 24.8 Å². The molecule has 6 aromatic carbocycles. The molecule has 6 aromatic heterocycles. The molecule has 0 aliphatic carbocycles. The summed E-state index contributed by atoms with van der Waals surface area (Å²) >= 11 is 0. The van der Waals surface area contributed by atoms with E-state index >= 15 is 0 Å². The Hall–Kier alpha value is -10.2. The topological polar surface area (TPSA) is 135 Å². The van der Waals surface area contributed by atoms with E-state index in [9.17, 15) is 0 Å². The number of para-hydroxylation sites is 4. The Kier molecular flexibility index (Phi) is 10.9. The Bertz CT molecular complexity index is 3790. The van der Waals surface area contributed by atoms with Crippen LogP contribution in [0, 0.1) is 0 Å². The molecule has 0 radical (unpaired) electrons. The lowest BCUT2D eigenvalue weighted by Crippen LogP contribution is -2.31. The molecule has 0 bridgehead atoms. The Morgan fingerprint density at radius 2 is 0.526 bits per heavy atom. The Balaban J connectivity index is 1.15. The lowest BCUT2D eigenvalue weighted by molar-refractivity contribution is 0.632. The largest absolute Gasteiger partial charge is 0.309 e. The first kappa shape index (κ1) is 46.3. The van der Waals surface area contributed by atoms with Crippen LogP contribution in [0.25, 0.3) is 79.6 Å². The van der Waals surface area contributed by atoms with E-state index in [0.717, 1.165) is 56.0 Å². The number of aromatic nitrogens is 10. The van der Waals surface area contributed by atoms with Crippen LogP contribution < -0.4 is 9.80 Å². The predicted octanol–water partition coefficient (Wildman–Crippen LogP) is 15.0. The van der Waals surface area contributed by atoms with Gasteiger partial charge in [0.25, 0.3) is 0 Å². The monoisotopic (exact) mass is 1010 g/mol. The van der Waals surface area contributed by atoms with Gasteiger partial charge in [-0.3, -0.25) is 19.9 Å². The summed E-state index contributed by atoms with van der Waals surface area (Å²) in [6, 6.07) is 66.8. The maximum Gasteiger partial charge on any atom is 0.182 e. The summed E-state index contributed by atoms with van der Waals surface area (Å²) in [4.78, 5) is 54.9. The average molecular weight is 1010 g/mol. The molecule has 0 saturated heterocycles. The van der Waals surface area contributed by atoms with E-state index in [-0.39, 0.29) is 10.8 Å². The van der Waals surface area contributed by atoms with Gasteiger partial charge in [-0.1, -0.05) is 125 Å². The normalized spacial score (nSPS) is 13.8. The molecule has 0 N–H and O–H groups in total. The Morgan fingerprint density at radius 1 is 0.269 bits per heavy atom. The standard InChI is InChI=1S/C66H48N12/c1-65(2)45-21-5-9-29-53(45)77(54-30-10-6-22-46(54)65)57-39-41(59-71-61(49-25-13-17-33-67-49)75-62(72-59)50-26-14-18-34-68-50)38-44-43(57)37-42(60-73-63(51-27-15-19-35-69-51)76-64(74-60)52-28-16-20-36-70-52)40-58(44)78-55-31-11-7-23-47(55)66(3,4)48-24-8-12-32-56(48)78/h5-40H,1-4H3. The second-order valence-electron chi connectivity index (χ2n) is 20.5. The van der Waals surface area contributed by atoms with E-state index in [1.807, 2.05) is 72.8 Å². The van der Waals surface area contributed by atoms with Crippen molar-refractivity contribution in [3.8, 4) is 68.8 Å². The summed E-state index contributed by atoms with van der Waals surface area (Å²) in [6.07, 6.45) is 7.02. The quantitative estimate of drug-likeness (QED) is 0.143. The molecule has 78 heavy (non-hydrogen) atoms. The average Bonchev–Trinajstić information content (AvgIpc) is 3.68. The number of rotatable bonds is 8. The molecule has 0 fully saturated rings. The van der Waals surface area contributed by atoms with Crippen molar-refractivity contribution in [3.05, 3.63) is 241 Å². The molecule has 0 unspecified atom stereocenters. The number of fused-ring (bicyclic) bond motifs is 5. The van der Waals surface area contributed by atoms with Gasteiger partial charge in [0, 0.05) is 57.5 Å². The molecule has 8 heterocycles. The van der Waals surface area contributed by atoms with Crippen molar-refractivity contribution in [2.45, 2.75) is 38.5 Å². The van der Waals surface area contributed by atoms with Crippen molar-refractivity contribution in [3.63, 3.8) is 0 Å². The minimum absolute atomic E-state index is 0.334. The van der Waals surface area contributed by atoms with E-state index in [1.165, 1.54) is 22.3 Å². The van der Waals surface area contributed by atoms with Gasteiger partial charge >= 0.3 is 0 Å². The molecule has 0 spiro atoms. The van der Waals surface area contributed by atoms with Crippen LogP contribution in [-0.4, -0.2) is 49.8 Å². The zero-order chi connectivity index (χ0) is 52.5. The highest BCUT2D eigenvalue weighted by Gasteiger charge is 2.40. The third-order valence-corrected chi connectivity index (χ3v) is 15.1.